The van der Waals surface area contributed by atoms with Crippen LogP contribution >= 0.6 is 0 Å². The Labute approximate surface area is 87.4 Å². The molecule has 0 bridgehead atoms. The average molecular weight is 204 g/mol. The Balaban J connectivity index is 3.06. The lowest BCUT2D eigenvalue weighted by molar-refractivity contribution is -0.0156. The Morgan fingerprint density at radius 2 is 1.93 bits per heavy atom. The number of ether oxygens (including phenoxy) is 2. The molecular weight excluding hydrogens is 180 g/mol. The molecule has 0 saturated carbocycles. The topological polar surface area (TPSA) is 38.7 Å². The van der Waals surface area contributed by atoms with Gasteiger partial charge in [0.25, 0.3) is 0 Å². The first-order chi connectivity index (χ1) is 6.81. The van der Waals surface area contributed by atoms with Crippen LogP contribution in [0, 0.1) is 0 Å². The van der Waals surface area contributed by atoms with E-state index in [4.69, 9.17) is 14.6 Å². The second-order valence-electron chi connectivity index (χ2n) is 3.54. The van der Waals surface area contributed by atoms with Gasteiger partial charge in [-0.15, -0.1) is 0 Å². The first-order valence-electron chi connectivity index (χ1n) is 5.61. The summed E-state index contributed by atoms with van der Waals surface area (Å²) < 4.78 is 10.7. The summed E-state index contributed by atoms with van der Waals surface area (Å²) in [5.74, 6) is 0. The predicted octanol–water partition coefficient (Wildman–Crippen LogP) is 1.98. The maximum Gasteiger partial charge on any atom is 0.0780 e. The van der Waals surface area contributed by atoms with Crippen LogP contribution in [-0.4, -0.2) is 37.6 Å². The third kappa shape index (κ3) is 9.96. The monoisotopic (exact) mass is 204 g/mol. The third-order valence-electron chi connectivity index (χ3n) is 1.99. The van der Waals surface area contributed by atoms with Crippen LogP contribution in [0.5, 0.6) is 0 Å². The van der Waals surface area contributed by atoms with Gasteiger partial charge in [0, 0.05) is 6.61 Å². The maximum absolute atomic E-state index is 8.49. The van der Waals surface area contributed by atoms with Crippen LogP contribution < -0.4 is 0 Å². The van der Waals surface area contributed by atoms with Crippen LogP contribution in [-0.2, 0) is 9.47 Å². The molecule has 0 aromatic heterocycles. The molecule has 0 aromatic carbocycles. The summed E-state index contributed by atoms with van der Waals surface area (Å²) >= 11 is 0. The van der Waals surface area contributed by atoms with Crippen molar-refractivity contribution in [1.82, 2.24) is 0 Å². The van der Waals surface area contributed by atoms with Gasteiger partial charge in [-0.3, -0.25) is 0 Å². The summed E-state index contributed by atoms with van der Waals surface area (Å²) in [4.78, 5) is 0. The number of rotatable bonds is 10. The second-order valence-corrected chi connectivity index (χ2v) is 3.54. The van der Waals surface area contributed by atoms with Gasteiger partial charge in [0.1, 0.15) is 0 Å². The lowest BCUT2D eigenvalue weighted by Crippen LogP contribution is -2.17. The van der Waals surface area contributed by atoms with Crippen molar-refractivity contribution in [2.75, 3.05) is 26.4 Å². The van der Waals surface area contributed by atoms with Crippen molar-refractivity contribution in [2.45, 2.75) is 45.6 Å². The highest BCUT2D eigenvalue weighted by Gasteiger charge is 2.01. The van der Waals surface area contributed by atoms with Gasteiger partial charge in [-0.25, -0.2) is 0 Å². The van der Waals surface area contributed by atoms with E-state index in [0.29, 0.717) is 13.2 Å². The van der Waals surface area contributed by atoms with E-state index in [2.05, 4.69) is 6.92 Å². The molecular formula is C11H24O3. The molecule has 0 heterocycles. The van der Waals surface area contributed by atoms with Crippen LogP contribution in [0.15, 0.2) is 0 Å². The zero-order valence-corrected chi connectivity index (χ0v) is 9.50. The smallest absolute Gasteiger partial charge is 0.0780 e. The quantitative estimate of drug-likeness (QED) is 0.553. The zero-order valence-electron chi connectivity index (χ0n) is 9.50. The Morgan fingerprint density at radius 3 is 2.57 bits per heavy atom. The maximum atomic E-state index is 8.49. The zero-order chi connectivity index (χ0) is 10.6. The van der Waals surface area contributed by atoms with Crippen LogP contribution in [0.1, 0.15) is 39.5 Å². The average Bonchev–Trinajstić information content (AvgIpc) is 2.18. The van der Waals surface area contributed by atoms with Crippen molar-refractivity contribution in [3.8, 4) is 0 Å². The highest BCUT2D eigenvalue weighted by Crippen LogP contribution is 2.01. The fourth-order valence-corrected chi connectivity index (χ4v) is 1.18. The molecule has 1 N–H and O–H groups in total. The summed E-state index contributed by atoms with van der Waals surface area (Å²) in [7, 11) is 0. The number of aliphatic hydroxyl groups excluding tert-OH is 1. The molecule has 0 aromatic rings. The first kappa shape index (κ1) is 13.9. The van der Waals surface area contributed by atoms with E-state index in [1.807, 2.05) is 6.92 Å². The molecule has 3 nitrogen and oxygen atoms in total. The molecule has 0 spiro atoms. The Kier molecular flexibility index (Phi) is 10.9. The molecule has 0 amide bonds. The van der Waals surface area contributed by atoms with Crippen LogP contribution in [0.4, 0.5) is 0 Å². The fourth-order valence-electron chi connectivity index (χ4n) is 1.18. The second kappa shape index (κ2) is 11.0. The van der Waals surface area contributed by atoms with E-state index in [1.165, 1.54) is 19.3 Å². The molecule has 0 aliphatic rings. The van der Waals surface area contributed by atoms with Gasteiger partial charge in [-0.1, -0.05) is 26.2 Å². The van der Waals surface area contributed by atoms with Gasteiger partial charge >= 0.3 is 0 Å². The lowest BCUT2D eigenvalue weighted by atomic mass is 10.2. The molecule has 0 aliphatic heterocycles. The number of unbranched alkanes of at least 4 members (excludes halogenated alkanes) is 3. The Morgan fingerprint density at radius 1 is 1.14 bits per heavy atom. The largest absolute Gasteiger partial charge is 0.394 e. The van der Waals surface area contributed by atoms with Crippen LogP contribution in [0.25, 0.3) is 0 Å². The van der Waals surface area contributed by atoms with E-state index in [-0.39, 0.29) is 12.7 Å². The normalized spacial score (nSPS) is 13.1. The molecule has 0 radical (unpaired) electrons. The van der Waals surface area contributed by atoms with Gasteiger partial charge in [0.05, 0.1) is 25.9 Å². The standard InChI is InChI=1S/C11H24O3/c1-3-4-5-6-8-14-11(2)10-13-9-7-12/h11-12H,3-10H2,1-2H3. The van der Waals surface area contributed by atoms with E-state index in [1.54, 1.807) is 0 Å². The third-order valence-corrected chi connectivity index (χ3v) is 1.99. The lowest BCUT2D eigenvalue weighted by Gasteiger charge is -2.12. The highest BCUT2D eigenvalue weighted by atomic mass is 16.5. The highest BCUT2D eigenvalue weighted by molar-refractivity contribution is 4.48. The minimum Gasteiger partial charge on any atom is -0.394 e. The van der Waals surface area contributed by atoms with E-state index in [0.717, 1.165) is 13.0 Å². The molecule has 86 valence electrons. The summed E-state index contributed by atoms with van der Waals surface area (Å²) in [6.45, 7) is 6.09. The minimum atomic E-state index is 0.0865. The first-order valence-corrected chi connectivity index (χ1v) is 5.61. The summed E-state index contributed by atoms with van der Waals surface area (Å²) in [6.07, 6.45) is 5.08. The van der Waals surface area contributed by atoms with Crippen LogP contribution in [0.3, 0.4) is 0 Å². The molecule has 0 saturated heterocycles. The van der Waals surface area contributed by atoms with Gasteiger partial charge in [-0.2, -0.15) is 0 Å². The van der Waals surface area contributed by atoms with Crippen LogP contribution in [0.2, 0.25) is 0 Å². The van der Waals surface area contributed by atoms with Gasteiger partial charge in [0.15, 0.2) is 0 Å². The van der Waals surface area contributed by atoms with Crippen molar-refractivity contribution in [1.29, 1.82) is 0 Å². The Hall–Kier alpha value is -0.120. The van der Waals surface area contributed by atoms with E-state index >= 15 is 0 Å². The van der Waals surface area contributed by atoms with Gasteiger partial charge < -0.3 is 14.6 Å². The van der Waals surface area contributed by atoms with Crippen molar-refractivity contribution < 1.29 is 14.6 Å². The van der Waals surface area contributed by atoms with Crippen molar-refractivity contribution in [3.63, 3.8) is 0 Å². The molecule has 0 fully saturated rings. The number of hydrogen-bond acceptors (Lipinski definition) is 3. The molecule has 3 heteroatoms. The molecule has 1 atom stereocenters. The molecule has 14 heavy (non-hydrogen) atoms. The summed E-state index contributed by atoms with van der Waals surface area (Å²) in [5.41, 5.74) is 0. The van der Waals surface area contributed by atoms with E-state index in [9.17, 15) is 0 Å². The van der Waals surface area contributed by atoms with E-state index < -0.39 is 0 Å². The SMILES string of the molecule is CCCCCCOC(C)COCCO. The van der Waals surface area contributed by atoms with Gasteiger partial charge in [0.2, 0.25) is 0 Å². The van der Waals surface area contributed by atoms with Crippen molar-refractivity contribution in [2.24, 2.45) is 0 Å². The summed E-state index contributed by atoms with van der Waals surface area (Å²) in [6, 6.07) is 0. The Bertz CT molecular complexity index is 107. The molecule has 0 aliphatic carbocycles. The fraction of sp³-hybridized carbons (Fsp3) is 1.00. The number of aliphatic hydroxyl groups is 1. The minimum absolute atomic E-state index is 0.0865. The van der Waals surface area contributed by atoms with Gasteiger partial charge in [-0.05, 0) is 13.3 Å². The molecule has 0 rings (SSSR count). The van der Waals surface area contributed by atoms with Crippen molar-refractivity contribution >= 4 is 0 Å². The predicted molar refractivity (Wildman–Crippen MR) is 57.5 cm³/mol. The molecule has 1 unspecified atom stereocenters. The summed E-state index contributed by atoms with van der Waals surface area (Å²) in [5, 5.41) is 8.49. The number of hydrogen-bond donors (Lipinski definition) is 1. The van der Waals surface area contributed by atoms with Crippen molar-refractivity contribution in [3.05, 3.63) is 0 Å².